The van der Waals surface area contributed by atoms with E-state index in [0.29, 0.717) is 6.10 Å². The fourth-order valence-corrected chi connectivity index (χ4v) is 2.56. The standard InChI is InChI=1S/C15H29FO/c1-14(16)13-17-15-11-9-7-5-3-2-4-6-8-10-12-15/h14-15H,2-13H2,1H3. The van der Waals surface area contributed by atoms with Crippen LogP contribution in [0.2, 0.25) is 0 Å². The van der Waals surface area contributed by atoms with Gasteiger partial charge in [0.1, 0.15) is 6.17 Å². The Morgan fingerprint density at radius 3 is 1.71 bits per heavy atom. The van der Waals surface area contributed by atoms with Crippen LogP contribution >= 0.6 is 0 Å². The van der Waals surface area contributed by atoms with Gasteiger partial charge in [-0.3, -0.25) is 0 Å². The highest BCUT2D eigenvalue weighted by molar-refractivity contribution is 4.62. The zero-order valence-electron chi connectivity index (χ0n) is 11.4. The minimum Gasteiger partial charge on any atom is -0.375 e. The average Bonchev–Trinajstić information content (AvgIpc) is 2.28. The van der Waals surface area contributed by atoms with Crippen LogP contribution in [0, 0.1) is 0 Å². The molecule has 0 N–H and O–H groups in total. The normalized spacial score (nSPS) is 23.6. The molecule has 0 aromatic carbocycles. The molecule has 1 fully saturated rings. The second-order valence-corrected chi connectivity index (χ2v) is 5.50. The molecule has 0 aliphatic heterocycles. The minimum absolute atomic E-state index is 0.282. The largest absolute Gasteiger partial charge is 0.375 e. The summed E-state index contributed by atoms with van der Waals surface area (Å²) >= 11 is 0. The second kappa shape index (κ2) is 9.87. The third kappa shape index (κ3) is 8.59. The van der Waals surface area contributed by atoms with Crippen LogP contribution in [0.15, 0.2) is 0 Å². The zero-order chi connectivity index (χ0) is 12.3. The summed E-state index contributed by atoms with van der Waals surface area (Å²) in [5, 5.41) is 0. The van der Waals surface area contributed by atoms with Crippen molar-refractivity contribution in [3.8, 4) is 0 Å². The average molecular weight is 244 g/mol. The highest BCUT2D eigenvalue weighted by Crippen LogP contribution is 2.19. The number of hydrogen-bond donors (Lipinski definition) is 0. The van der Waals surface area contributed by atoms with Crippen molar-refractivity contribution >= 4 is 0 Å². The predicted octanol–water partition coefficient (Wildman–Crippen LogP) is 5.03. The summed E-state index contributed by atoms with van der Waals surface area (Å²) in [5.41, 5.74) is 0. The molecule has 0 spiro atoms. The van der Waals surface area contributed by atoms with Gasteiger partial charge >= 0.3 is 0 Å². The first kappa shape index (κ1) is 14.9. The van der Waals surface area contributed by atoms with Crippen LogP contribution in [-0.2, 0) is 4.74 Å². The van der Waals surface area contributed by atoms with Gasteiger partial charge in [-0.2, -0.15) is 0 Å². The maximum absolute atomic E-state index is 12.8. The quantitative estimate of drug-likeness (QED) is 0.676. The lowest BCUT2D eigenvalue weighted by atomic mass is 9.99. The van der Waals surface area contributed by atoms with E-state index >= 15 is 0 Å². The maximum Gasteiger partial charge on any atom is 0.121 e. The van der Waals surface area contributed by atoms with Crippen LogP contribution in [0.5, 0.6) is 0 Å². The molecule has 0 radical (unpaired) electrons. The molecule has 2 heteroatoms. The van der Waals surface area contributed by atoms with Gasteiger partial charge in [0.05, 0.1) is 12.7 Å². The van der Waals surface area contributed by atoms with E-state index in [-0.39, 0.29) is 6.61 Å². The molecule has 1 unspecified atom stereocenters. The molecule has 102 valence electrons. The van der Waals surface area contributed by atoms with Crippen molar-refractivity contribution in [1.29, 1.82) is 0 Å². The molecular weight excluding hydrogens is 215 g/mol. The van der Waals surface area contributed by atoms with Gasteiger partial charge in [0.25, 0.3) is 0 Å². The van der Waals surface area contributed by atoms with Crippen LogP contribution in [0.1, 0.15) is 77.6 Å². The topological polar surface area (TPSA) is 9.23 Å². The fraction of sp³-hybridized carbons (Fsp3) is 1.00. The Labute approximate surface area is 106 Å². The monoisotopic (exact) mass is 244 g/mol. The van der Waals surface area contributed by atoms with Gasteiger partial charge < -0.3 is 4.74 Å². The molecule has 1 aliphatic carbocycles. The highest BCUT2D eigenvalue weighted by atomic mass is 19.1. The molecular formula is C15H29FO. The van der Waals surface area contributed by atoms with Crippen LogP contribution in [0.3, 0.4) is 0 Å². The Morgan fingerprint density at radius 2 is 1.29 bits per heavy atom. The highest BCUT2D eigenvalue weighted by Gasteiger charge is 2.11. The summed E-state index contributed by atoms with van der Waals surface area (Å²) in [7, 11) is 0. The molecule has 1 atom stereocenters. The van der Waals surface area contributed by atoms with E-state index in [1.807, 2.05) is 0 Å². The van der Waals surface area contributed by atoms with Crippen LogP contribution in [0.25, 0.3) is 0 Å². The van der Waals surface area contributed by atoms with Gasteiger partial charge in [-0.25, -0.2) is 4.39 Å². The van der Waals surface area contributed by atoms with Gasteiger partial charge in [-0.1, -0.05) is 57.8 Å². The van der Waals surface area contributed by atoms with Crippen molar-refractivity contribution in [1.82, 2.24) is 0 Å². The molecule has 1 rings (SSSR count). The smallest absolute Gasteiger partial charge is 0.121 e. The number of rotatable bonds is 3. The summed E-state index contributed by atoms with van der Waals surface area (Å²) in [6, 6.07) is 0. The predicted molar refractivity (Wildman–Crippen MR) is 71.1 cm³/mol. The fourth-order valence-electron chi connectivity index (χ4n) is 2.56. The van der Waals surface area contributed by atoms with Crippen molar-refractivity contribution in [2.75, 3.05) is 6.61 Å². The van der Waals surface area contributed by atoms with Crippen LogP contribution in [0.4, 0.5) is 4.39 Å². The van der Waals surface area contributed by atoms with Gasteiger partial charge in [0.2, 0.25) is 0 Å². The molecule has 0 heterocycles. The van der Waals surface area contributed by atoms with Crippen molar-refractivity contribution in [2.24, 2.45) is 0 Å². The Balaban J connectivity index is 2.22. The zero-order valence-corrected chi connectivity index (χ0v) is 11.4. The molecule has 0 aromatic rings. The number of halogens is 1. The second-order valence-electron chi connectivity index (χ2n) is 5.50. The molecule has 0 amide bonds. The molecule has 0 saturated heterocycles. The Morgan fingerprint density at radius 1 is 0.882 bits per heavy atom. The van der Waals surface area contributed by atoms with Gasteiger partial charge in [0.15, 0.2) is 0 Å². The Kier molecular flexibility index (Phi) is 8.68. The van der Waals surface area contributed by atoms with E-state index in [1.54, 1.807) is 6.92 Å². The molecule has 17 heavy (non-hydrogen) atoms. The van der Waals surface area contributed by atoms with E-state index in [4.69, 9.17) is 4.74 Å². The van der Waals surface area contributed by atoms with Gasteiger partial charge in [-0.05, 0) is 19.8 Å². The van der Waals surface area contributed by atoms with Crippen molar-refractivity contribution in [3.05, 3.63) is 0 Å². The Bertz CT molecular complexity index is 158. The van der Waals surface area contributed by atoms with Crippen LogP contribution in [-0.4, -0.2) is 18.9 Å². The lowest BCUT2D eigenvalue weighted by Gasteiger charge is -2.19. The lowest BCUT2D eigenvalue weighted by Crippen LogP contribution is -2.18. The third-order valence-electron chi connectivity index (χ3n) is 3.61. The molecule has 1 nitrogen and oxygen atoms in total. The summed E-state index contributed by atoms with van der Waals surface area (Å²) in [6.45, 7) is 1.86. The van der Waals surface area contributed by atoms with Crippen molar-refractivity contribution in [2.45, 2.75) is 89.8 Å². The Hall–Kier alpha value is -0.110. The molecule has 0 bridgehead atoms. The van der Waals surface area contributed by atoms with E-state index in [9.17, 15) is 4.39 Å². The molecule has 1 saturated carbocycles. The summed E-state index contributed by atoms with van der Waals surface area (Å²) < 4.78 is 18.5. The van der Waals surface area contributed by atoms with Crippen molar-refractivity contribution in [3.63, 3.8) is 0 Å². The van der Waals surface area contributed by atoms with E-state index in [0.717, 1.165) is 12.8 Å². The summed E-state index contributed by atoms with van der Waals surface area (Å²) in [4.78, 5) is 0. The third-order valence-corrected chi connectivity index (χ3v) is 3.61. The SMILES string of the molecule is CC(F)COC1CCCCCCCCCCC1. The van der Waals surface area contributed by atoms with E-state index < -0.39 is 6.17 Å². The number of ether oxygens (including phenoxy) is 1. The molecule has 0 aromatic heterocycles. The first-order valence-electron chi connectivity index (χ1n) is 7.54. The van der Waals surface area contributed by atoms with Gasteiger partial charge in [0, 0.05) is 0 Å². The van der Waals surface area contributed by atoms with Crippen LogP contribution < -0.4 is 0 Å². The lowest BCUT2D eigenvalue weighted by molar-refractivity contribution is 0.0110. The summed E-state index contributed by atoms with van der Waals surface area (Å²) in [5.74, 6) is 0. The first-order chi connectivity index (χ1) is 8.29. The number of hydrogen-bond acceptors (Lipinski definition) is 1. The van der Waals surface area contributed by atoms with Crippen molar-refractivity contribution < 1.29 is 9.13 Å². The molecule has 1 aliphatic rings. The first-order valence-corrected chi connectivity index (χ1v) is 7.54. The number of alkyl halides is 1. The van der Waals surface area contributed by atoms with E-state index in [1.165, 1.54) is 57.8 Å². The van der Waals surface area contributed by atoms with Gasteiger partial charge in [-0.15, -0.1) is 0 Å². The summed E-state index contributed by atoms with van der Waals surface area (Å²) in [6.07, 6.45) is 13.9. The van der Waals surface area contributed by atoms with E-state index in [2.05, 4.69) is 0 Å². The maximum atomic E-state index is 12.8. The minimum atomic E-state index is -0.823.